The summed E-state index contributed by atoms with van der Waals surface area (Å²) in [5.41, 5.74) is -1.12. The van der Waals surface area contributed by atoms with Crippen molar-refractivity contribution in [2.24, 2.45) is 0 Å². The Balaban J connectivity index is 1.90. The third kappa shape index (κ3) is 4.24. The predicted molar refractivity (Wildman–Crippen MR) is 85.9 cm³/mol. The van der Waals surface area contributed by atoms with Crippen LogP contribution >= 0.6 is 0 Å². The van der Waals surface area contributed by atoms with E-state index in [1.165, 1.54) is 4.90 Å². The SMILES string of the molecule is C[C@]1(C(=O)O)CCCCN1C(=O)CCC(=O)N1CCCCCC1. The second-order valence-electron chi connectivity index (χ2n) is 6.88. The topological polar surface area (TPSA) is 77.9 Å². The highest BCUT2D eigenvalue weighted by Crippen LogP contribution is 2.29. The zero-order valence-corrected chi connectivity index (χ0v) is 14.1. The molecule has 23 heavy (non-hydrogen) atoms. The van der Waals surface area contributed by atoms with E-state index >= 15 is 0 Å². The van der Waals surface area contributed by atoms with Crippen LogP contribution in [-0.2, 0) is 14.4 Å². The van der Waals surface area contributed by atoms with Gasteiger partial charge >= 0.3 is 5.97 Å². The lowest BCUT2D eigenvalue weighted by atomic mass is 9.88. The molecule has 2 amide bonds. The molecule has 2 fully saturated rings. The first kappa shape index (κ1) is 17.8. The number of aliphatic carboxylic acids is 1. The average Bonchev–Trinajstić information content (AvgIpc) is 2.82. The van der Waals surface area contributed by atoms with Crippen molar-refractivity contribution in [2.45, 2.75) is 70.3 Å². The Bertz CT molecular complexity index is 458. The second-order valence-corrected chi connectivity index (χ2v) is 6.88. The van der Waals surface area contributed by atoms with Crippen LogP contribution < -0.4 is 0 Å². The molecule has 2 aliphatic rings. The summed E-state index contributed by atoms with van der Waals surface area (Å²) < 4.78 is 0. The van der Waals surface area contributed by atoms with Gasteiger partial charge < -0.3 is 14.9 Å². The zero-order valence-electron chi connectivity index (χ0n) is 14.1. The molecule has 1 N–H and O–H groups in total. The van der Waals surface area contributed by atoms with Crippen LogP contribution in [0.1, 0.15) is 64.7 Å². The van der Waals surface area contributed by atoms with Gasteiger partial charge in [-0.15, -0.1) is 0 Å². The molecule has 0 aromatic rings. The van der Waals surface area contributed by atoms with Crippen LogP contribution in [-0.4, -0.2) is 57.9 Å². The molecule has 0 saturated carbocycles. The number of nitrogens with zero attached hydrogens (tertiary/aromatic N) is 2. The first-order valence-corrected chi connectivity index (χ1v) is 8.77. The fraction of sp³-hybridized carbons (Fsp3) is 0.824. The predicted octanol–water partition coefficient (Wildman–Crippen LogP) is 2.02. The van der Waals surface area contributed by atoms with Crippen LogP contribution in [0.4, 0.5) is 0 Å². The molecule has 0 aromatic heterocycles. The molecule has 0 spiro atoms. The van der Waals surface area contributed by atoms with Gasteiger partial charge in [-0.1, -0.05) is 12.8 Å². The minimum atomic E-state index is -1.12. The Morgan fingerprint density at radius 3 is 2.04 bits per heavy atom. The van der Waals surface area contributed by atoms with Gasteiger partial charge in [0.25, 0.3) is 0 Å². The van der Waals surface area contributed by atoms with Crippen molar-refractivity contribution in [3.05, 3.63) is 0 Å². The number of carboxylic acids is 1. The number of likely N-dealkylation sites (tertiary alicyclic amines) is 2. The summed E-state index contributed by atoms with van der Waals surface area (Å²) in [7, 11) is 0. The van der Waals surface area contributed by atoms with Gasteiger partial charge in [0.2, 0.25) is 11.8 Å². The van der Waals surface area contributed by atoms with Crippen molar-refractivity contribution < 1.29 is 19.5 Å². The molecule has 1 atom stereocenters. The number of rotatable bonds is 4. The Kier molecular flexibility index (Phi) is 6.02. The number of amides is 2. The lowest BCUT2D eigenvalue weighted by Crippen LogP contribution is -2.57. The average molecular weight is 324 g/mol. The van der Waals surface area contributed by atoms with Crippen LogP contribution in [0.15, 0.2) is 0 Å². The quantitative estimate of drug-likeness (QED) is 0.858. The highest BCUT2D eigenvalue weighted by molar-refractivity contribution is 5.89. The highest BCUT2D eigenvalue weighted by Gasteiger charge is 2.43. The van der Waals surface area contributed by atoms with Crippen molar-refractivity contribution in [2.75, 3.05) is 19.6 Å². The van der Waals surface area contributed by atoms with Crippen LogP contribution in [0.25, 0.3) is 0 Å². The smallest absolute Gasteiger partial charge is 0.329 e. The number of carbonyl (C=O) groups is 3. The zero-order chi connectivity index (χ0) is 16.9. The highest BCUT2D eigenvalue weighted by atomic mass is 16.4. The monoisotopic (exact) mass is 324 g/mol. The van der Waals surface area contributed by atoms with E-state index in [0.717, 1.165) is 51.6 Å². The number of piperidine rings is 1. The maximum atomic E-state index is 12.5. The van der Waals surface area contributed by atoms with Crippen molar-refractivity contribution in [1.29, 1.82) is 0 Å². The molecule has 2 rings (SSSR count). The minimum Gasteiger partial charge on any atom is -0.480 e. The van der Waals surface area contributed by atoms with Gasteiger partial charge in [0, 0.05) is 32.5 Å². The molecule has 2 heterocycles. The van der Waals surface area contributed by atoms with Gasteiger partial charge in [-0.25, -0.2) is 4.79 Å². The van der Waals surface area contributed by atoms with E-state index < -0.39 is 11.5 Å². The summed E-state index contributed by atoms with van der Waals surface area (Å²) in [5, 5.41) is 9.46. The van der Waals surface area contributed by atoms with Gasteiger partial charge in [0.15, 0.2) is 0 Å². The molecule has 0 bridgehead atoms. The summed E-state index contributed by atoms with van der Waals surface area (Å²) in [4.78, 5) is 39.6. The van der Waals surface area contributed by atoms with Gasteiger partial charge in [-0.2, -0.15) is 0 Å². The molecule has 2 aliphatic heterocycles. The Labute approximate surface area is 137 Å². The molecule has 0 unspecified atom stereocenters. The standard InChI is InChI=1S/C17H28N2O4/c1-17(16(22)23)10-4-7-13-19(17)15(21)9-8-14(20)18-11-5-2-3-6-12-18/h2-13H2,1H3,(H,22,23)/t17-/m1/s1. The number of carbonyl (C=O) groups excluding carboxylic acids is 2. The first-order valence-electron chi connectivity index (χ1n) is 8.77. The van der Waals surface area contributed by atoms with Crippen molar-refractivity contribution in [3.8, 4) is 0 Å². The normalized spacial score (nSPS) is 25.8. The Hall–Kier alpha value is -1.59. The fourth-order valence-electron chi connectivity index (χ4n) is 3.57. The van der Waals surface area contributed by atoms with E-state index in [1.807, 2.05) is 4.90 Å². The van der Waals surface area contributed by atoms with Gasteiger partial charge in [-0.05, 0) is 39.0 Å². The molecule has 6 heteroatoms. The van der Waals surface area contributed by atoms with Crippen molar-refractivity contribution in [1.82, 2.24) is 9.80 Å². The molecular formula is C17H28N2O4. The summed E-state index contributed by atoms with van der Waals surface area (Å²) >= 11 is 0. The first-order chi connectivity index (χ1) is 10.9. The maximum absolute atomic E-state index is 12.5. The van der Waals surface area contributed by atoms with Crippen LogP contribution in [0.5, 0.6) is 0 Å². The summed E-state index contributed by atoms with van der Waals surface area (Å²) in [5.74, 6) is -1.14. The molecule has 6 nitrogen and oxygen atoms in total. The maximum Gasteiger partial charge on any atom is 0.329 e. The van der Waals surface area contributed by atoms with Crippen molar-refractivity contribution >= 4 is 17.8 Å². The van der Waals surface area contributed by atoms with Crippen LogP contribution in [0, 0.1) is 0 Å². The van der Waals surface area contributed by atoms with E-state index in [9.17, 15) is 19.5 Å². The molecule has 2 saturated heterocycles. The fourth-order valence-corrected chi connectivity index (χ4v) is 3.57. The van der Waals surface area contributed by atoms with Gasteiger partial charge in [-0.3, -0.25) is 9.59 Å². The van der Waals surface area contributed by atoms with E-state index in [-0.39, 0.29) is 24.7 Å². The molecule has 130 valence electrons. The lowest BCUT2D eigenvalue weighted by molar-refractivity contribution is -0.161. The number of hydrogen-bond acceptors (Lipinski definition) is 3. The number of carboxylic acid groups (broad SMARTS) is 1. The third-order valence-electron chi connectivity index (χ3n) is 5.16. The number of hydrogen-bond donors (Lipinski definition) is 1. The largest absolute Gasteiger partial charge is 0.480 e. The molecule has 0 aromatic carbocycles. The van der Waals surface area contributed by atoms with Gasteiger partial charge in [0.1, 0.15) is 5.54 Å². The lowest BCUT2D eigenvalue weighted by Gasteiger charge is -2.41. The second kappa shape index (κ2) is 7.79. The van der Waals surface area contributed by atoms with E-state index in [2.05, 4.69) is 0 Å². The molecular weight excluding hydrogens is 296 g/mol. The van der Waals surface area contributed by atoms with Crippen LogP contribution in [0.2, 0.25) is 0 Å². The Morgan fingerprint density at radius 1 is 0.870 bits per heavy atom. The summed E-state index contributed by atoms with van der Waals surface area (Å²) in [6, 6.07) is 0. The van der Waals surface area contributed by atoms with Crippen molar-refractivity contribution in [3.63, 3.8) is 0 Å². The molecule has 0 aliphatic carbocycles. The minimum absolute atomic E-state index is 0.0225. The van der Waals surface area contributed by atoms with E-state index in [1.54, 1.807) is 6.92 Å². The van der Waals surface area contributed by atoms with E-state index in [4.69, 9.17) is 0 Å². The van der Waals surface area contributed by atoms with Crippen LogP contribution in [0.3, 0.4) is 0 Å². The summed E-state index contributed by atoms with van der Waals surface area (Å²) in [6.07, 6.45) is 6.80. The summed E-state index contributed by atoms with van der Waals surface area (Å²) in [6.45, 7) is 3.65. The Morgan fingerprint density at radius 2 is 1.43 bits per heavy atom. The van der Waals surface area contributed by atoms with Gasteiger partial charge in [0.05, 0.1) is 0 Å². The third-order valence-corrected chi connectivity index (χ3v) is 5.16. The molecule has 0 radical (unpaired) electrons. The van der Waals surface area contributed by atoms with E-state index in [0.29, 0.717) is 13.0 Å².